The molecule has 0 aliphatic rings. The van der Waals surface area contributed by atoms with Crippen LogP contribution in [0.4, 0.5) is 5.69 Å². The molecule has 2 aromatic heterocycles. The fourth-order valence-electron chi connectivity index (χ4n) is 2.39. The van der Waals surface area contributed by atoms with Gasteiger partial charge in [0, 0.05) is 23.6 Å². The number of rotatable bonds is 6. The van der Waals surface area contributed by atoms with Crippen molar-refractivity contribution >= 4 is 34.5 Å². The minimum atomic E-state index is -0.486. The summed E-state index contributed by atoms with van der Waals surface area (Å²) < 4.78 is 2.11. The molecule has 0 radical (unpaired) electrons. The summed E-state index contributed by atoms with van der Waals surface area (Å²) in [4.78, 5) is 23.8. The van der Waals surface area contributed by atoms with E-state index < -0.39 is 4.92 Å². The van der Waals surface area contributed by atoms with E-state index in [4.69, 9.17) is 11.6 Å². The number of aromatic nitrogens is 3. The van der Waals surface area contributed by atoms with E-state index in [1.807, 2.05) is 12.1 Å². The van der Waals surface area contributed by atoms with Crippen molar-refractivity contribution in [2.75, 3.05) is 6.54 Å². The third-order valence-corrected chi connectivity index (χ3v) is 4.97. The van der Waals surface area contributed by atoms with Crippen LogP contribution in [0.1, 0.15) is 21.1 Å². The van der Waals surface area contributed by atoms with Crippen molar-refractivity contribution in [3.63, 3.8) is 0 Å². The Balaban J connectivity index is 1.70. The number of nitro benzene ring substituents is 1. The van der Waals surface area contributed by atoms with E-state index in [1.165, 1.54) is 28.2 Å². The zero-order chi connectivity index (χ0) is 18.7. The van der Waals surface area contributed by atoms with E-state index in [2.05, 4.69) is 15.6 Å². The topological polar surface area (TPSA) is 103 Å². The number of nitrogens with one attached hydrogen (secondary N) is 1. The molecular weight excluding hydrogens is 378 g/mol. The van der Waals surface area contributed by atoms with Gasteiger partial charge in [0.15, 0.2) is 5.69 Å². The van der Waals surface area contributed by atoms with Gasteiger partial charge < -0.3 is 5.32 Å². The Labute approximate surface area is 157 Å². The lowest BCUT2D eigenvalue weighted by Gasteiger charge is -2.04. The second-order valence-electron chi connectivity index (χ2n) is 5.42. The number of nitro groups is 1. The molecule has 3 aromatic rings. The Bertz CT molecular complexity index is 968. The average molecular weight is 392 g/mol. The molecule has 134 valence electrons. The van der Waals surface area contributed by atoms with E-state index in [0.29, 0.717) is 28.7 Å². The SMILES string of the molecule is Cc1c(C(=O)NCCc2ccc(Cl)s2)nnn1-c1cccc([N+](=O)[O-])c1. The van der Waals surface area contributed by atoms with Crippen LogP contribution in [0, 0.1) is 17.0 Å². The van der Waals surface area contributed by atoms with Crippen LogP contribution in [-0.2, 0) is 6.42 Å². The number of carbonyl (C=O) groups excluding carboxylic acids is 1. The molecule has 10 heteroatoms. The number of hydrogen-bond donors (Lipinski definition) is 1. The molecule has 0 unspecified atom stereocenters. The number of halogens is 1. The first-order chi connectivity index (χ1) is 12.5. The molecule has 2 heterocycles. The highest BCUT2D eigenvalue weighted by atomic mass is 35.5. The van der Waals surface area contributed by atoms with Crippen molar-refractivity contribution in [1.82, 2.24) is 20.3 Å². The molecule has 3 rings (SSSR count). The standard InChI is InChI=1S/C16H14ClN5O3S/c1-10-15(16(23)18-8-7-13-5-6-14(17)26-13)19-20-21(10)11-3-2-4-12(9-11)22(24)25/h2-6,9H,7-8H2,1H3,(H,18,23). The first-order valence-electron chi connectivity index (χ1n) is 7.65. The number of non-ortho nitro benzene ring substituents is 1. The minimum Gasteiger partial charge on any atom is -0.350 e. The summed E-state index contributed by atoms with van der Waals surface area (Å²) in [6, 6.07) is 9.72. The summed E-state index contributed by atoms with van der Waals surface area (Å²) in [7, 11) is 0. The molecule has 0 spiro atoms. The van der Waals surface area contributed by atoms with Gasteiger partial charge in [-0.05, 0) is 31.5 Å². The summed E-state index contributed by atoms with van der Waals surface area (Å²) in [5, 5.41) is 21.6. The fraction of sp³-hybridized carbons (Fsp3) is 0.188. The molecule has 26 heavy (non-hydrogen) atoms. The Hall–Kier alpha value is -2.78. The zero-order valence-electron chi connectivity index (χ0n) is 13.7. The van der Waals surface area contributed by atoms with Crippen LogP contribution >= 0.6 is 22.9 Å². The lowest BCUT2D eigenvalue weighted by atomic mass is 10.2. The van der Waals surface area contributed by atoms with E-state index >= 15 is 0 Å². The largest absolute Gasteiger partial charge is 0.350 e. The number of carbonyl (C=O) groups is 1. The Morgan fingerprint density at radius 2 is 2.19 bits per heavy atom. The minimum absolute atomic E-state index is 0.0574. The van der Waals surface area contributed by atoms with Gasteiger partial charge in [-0.3, -0.25) is 14.9 Å². The highest BCUT2D eigenvalue weighted by Crippen LogP contribution is 2.21. The van der Waals surface area contributed by atoms with Crippen LogP contribution in [0.5, 0.6) is 0 Å². The first-order valence-corrected chi connectivity index (χ1v) is 8.84. The second kappa shape index (κ2) is 7.63. The third kappa shape index (κ3) is 3.89. The summed E-state index contributed by atoms with van der Waals surface area (Å²) in [5.74, 6) is -0.346. The van der Waals surface area contributed by atoms with Gasteiger partial charge in [-0.15, -0.1) is 16.4 Å². The maximum absolute atomic E-state index is 12.3. The fourth-order valence-corrected chi connectivity index (χ4v) is 3.48. The van der Waals surface area contributed by atoms with Crippen molar-refractivity contribution in [2.24, 2.45) is 0 Å². The van der Waals surface area contributed by atoms with Gasteiger partial charge in [0.05, 0.1) is 20.6 Å². The second-order valence-corrected chi connectivity index (χ2v) is 7.22. The van der Waals surface area contributed by atoms with Crippen molar-refractivity contribution in [1.29, 1.82) is 0 Å². The summed E-state index contributed by atoms with van der Waals surface area (Å²) >= 11 is 7.35. The summed E-state index contributed by atoms with van der Waals surface area (Å²) in [6.07, 6.45) is 0.668. The molecule has 1 aromatic carbocycles. The molecule has 8 nitrogen and oxygen atoms in total. The van der Waals surface area contributed by atoms with Crippen LogP contribution in [0.25, 0.3) is 5.69 Å². The molecule has 1 amide bonds. The van der Waals surface area contributed by atoms with Crippen molar-refractivity contribution in [2.45, 2.75) is 13.3 Å². The van der Waals surface area contributed by atoms with Gasteiger partial charge in [0.2, 0.25) is 0 Å². The van der Waals surface area contributed by atoms with Gasteiger partial charge in [0.1, 0.15) is 0 Å². The zero-order valence-corrected chi connectivity index (χ0v) is 15.3. The number of amides is 1. The average Bonchev–Trinajstić information content (AvgIpc) is 3.20. The number of thiophene rings is 1. The van der Waals surface area contributed by atoms with E-state index in [1.54, 1.807) is 19.1 Å². The number of benzene rings is 1. The van der Waals surface area contributed by atoms with Gasteiger partial charge >= 0.3 is 0 Å². The number of nitrogens with zero attached hydrogens (tertiary/aromatic N) is 4. The van der Waals surface area contributed by atoms with E-state index in [0.717, 1.165) is 4.88 Å². The monoisotopic (exact) mass is 391 g/mol. The summed E-state index contributed by atoms with van der Waals surface area (Å²) in [6.45, 7) is 2.13. The Morgan fingerprint density at radius 1 is 1.38 bits per heavy atom. The highest BCUT2D eigenvalue weighted by Gasteiger charge is 2.18. The van der Waals surface area contributed by atoms with Crippen molar-refractivity contribution in [3.8, 4) is 5.69 Å². The summed E-state index contributed by atoms with van der Waals surface area (Å²) in [5.41, 5.74) is 1.09. The third-order valence-electron chi connectivity index (χ3n) is 3.68. The molecule has 0 atom stereocenters. The lowest BCUT2D eigenvalue weighted by Crippen LogP contribution is -2.26. The van der Waals surface area contributed by atoms with Crippen LogP contribution in [0.3, 0.4) is 0 Å². The molecule has 0 aliphatic heterocycles. The van der Waals surface area contributed by atoms with Crippen LogP contribution in [0.15, 0.2) is 36.4 Å². The molecule has 0 saturated carbocycles. The molecule has 0 saturated heterocycles. The van der Waals surface area contributed by atoms with Crippen LogP contribution in [-0.4, -0.2) is 32.4 Å². The molecular formula is C16H14ClN5O3S. The predicted molar refractivity (Wildman–Crippen MR) is 98.1 cm³/mol. The smallest absolute Gasteiger partial charge is 0.273 e. The first kappa shape index (κ1) is 18.0. The lowest BCUT2D eigenvalue weighted by molar-refractivity contribution is -0.384. The molecule has 0 aliphatic carbocycles. The molecule has 1 N–H and O–H groups in total. The highest BCUT2D eigenvalue weighted by molar-refractivity contribution is 7.16. The Kier molecular flexibility index (Phi) is 5.29. The van der Waals surface area contributed by atoms with E-state index in [9.17, 15) is 14.9 Å². The quantitative estimate of drug-likeness (QED) is 0.513. The van der Waals surface area contributed by atoms with Gasteiger partial charge in [-0.2, -0.15) is 0 Å². The van der Waals surface area contributed by atoms with Crippen LogP contribution in [0.2, 0.25) is 4.34 Å². The van der Waals surface area contributed by atoms with Crippen molar-refractivity contribution < 1.29 is 9.72 Å². The predicted octanol–water partition coefficient (Wildman–Crippen LogP) is 3.17. The molecule has 0 fully saturated rings. The van der Waals surface area contributed by atoms with Crippen molar-refractivity contribution in [3.05, 3.63) is 67.1 Å². The van der Waals surface area contributed by atoms with Gasteiger partial charge in [-0.25, -0.2) is 4.68 Å². The van der Waals surface area contributed by atoms with E-state index in [-0.39, 0.29) is 17.3 Å². The normalized spacial score (nSPS) is 10.7. The molecule has 0 bridgehead atoms. The maximum atomic E-state index is 12.3. The van der Waals surface area contributed by atoms with Gasteiger partial charge in [0.25, 0.3) is 11.6 Å². The maximum Gasteiger partial charge on any atom is 0.273 e. The Morgan fingerprint density at radius 3 is 2.88 bits per heavy atom. The van der Waals surface area contributed by atoms with Gasteiger partial charge in [-0.1, -0.05) is 22.9 Å². The number of hydrogen-bond acceptors (Lipinski definition) is 6. The van der Waals surface area contributed by atoms with Crippen LogP contribution < -0.4 is 5.32 Å².